The lowest BCUT2D eigenvalue weighted by atomic mass is 9.90. The Morgan fingerprint density at radius 3 is 2.60 bits per heavy atom. The predicted molar refractivity (Wildman–Crippen MR) is 99.2 cm³/mol. The van der Waals surface area contributed by atoms with E-state index in [1.54, 1.807) is 12.3 Å². The van der Waals surface area contributed by atoms with Crippen LogP contribution in [-0.2, 0) is 4.79 Å². The van der Waals surface area contributed by atoms with E-state index in [0.29, 0.717) is 36.0 Å². The van der Waals surface area contributed by atoms with Gasteiger partial charge in [-0.2, -0.15) is 0 Å². The third-order valence-corrected chi connectivity index (χ3v) is 5.71. The molecule has 2 heterocycles. The third kappa shape index (κ3) is 3.81. The van der Waals surface area contributed by atoms with Gasteiger partial charge in [0.15, 0.2) is 0 Å². The summed E-state index contributed by atoms with van der Waals surface area (Å²) < 4.78 is 0. The van der Waals surface area contributed by atoms with E-state index in [-0.39, 0.29) is 12.0 Å². The second-order valence-corrected chi connectivity index (χ2v) is 7.21. The maximum atomic E-state index is 11.3. The average molecular weight is 379 g/mol. The highest BCUT2D eigenvalue weighted by Gasteiger charge is 2.32. The van der Waals surface area contributed by atoms with Crippen LogP contribution in [0.3, 0.4) is 0 Å². The Balaban J connectivity index is 2.00. The smallest absolute Gasteiger partial charge is 0.306 e. The van der Waals surface area contributed by atoms with Crippen LogP contribution in [0.15, 0.2) is 36.7 Å². The van der Waals surface area contributed by atoms with Gasteiger partial charge in [-0.1, -0.05) is 35.3 Å². The number of carboxylic acids is 1. The number of piperidine rings is 1. The molecule has 0 saturated carbocycles. The van der Waals surface area contributed by atoms with E-state index < -0.39 is 5.97 Å². The second kappa shape index (κ2) is 7.73. The number of hydrogen-bond acceptors (Lipinski definition) is 3. The molecule has 0 radical (unpaired) electrons. The van der Waals surface area contributed by atoms with Crippen molar-refractivity contribution >= 4 is 29.2 Å². The first-order valence-electron chi connectivity index (χ1n) is 8.30. The van der Waals surface area contributed by atoms with Crippen LogP contribution >= 0.6 is 23.2 Å². The van der Waals surface area contributed by atoms with Crippen LogP contribution in [0.2, 0.25) is 10.0 Å². The molecule has 1 aliphatic heterocycles. The van der Waals surface area contributed by atoms with Gasteiger partial charge >= 0.3 is 5.97 Å². The molecule has 0 spiro atoms. The van der Waals surface area contributed by atoms with Crippen molar-refractivity contribution < 1.29 is 9.90 Å². The number of halogens is 2. The van der Waals surface area contributed by atoms with Gasteiger partial charge in [-0.3, -0.25) is 14.7 Å². The first kappa shape index (κ1) is 18.2. The maximum absolute atomic E-state index is 11.3. The van der Waals surface area contributed by atoms with Crippen LogP contribution in [0.1, 0.15) is 35.6 Å². The summed E-state index contributed by atoms with van der Waals surface area (Å²) in [5.74, 6) is -0.984. The molecule has 0 amide bonds. The molecule has 1 aromatic heterocycles. The second-order valence-electron chi connectivity index (χ2n) is 6.43. The molecule has 0 aliphatic carbocycles. The standard InChI is InChI=1S/C19H20Cl2N2O2/c1-12-11-22-8-5-14(12)18(15-3-2-4-16(20)17(15)21)23-9-6-13(7-10-23)19(24)25/h2-5,8,11,13,18H,6-7,9-10H2,1H3,(H,24,25). The zero-order chi connectivity index (χ0) is 18.0. The molecule has 25 heavy (non-hydrogen) atoms. The molecule has 1 fully saturated rings. The highest BCUT2D eigenvalue weighted by molar-refractivity contribution is 6.42. The van der Waals surface area contributed by atoms with Crippen molar-refractivity contribution in [2.75, 3.05) is 13.1 Å². The first-order valence-corrected chi connectivity index (χ1v) is 9.06. The fourth-order valence-electron chi connectivity index (χ4n) is 3.49. The van der Waals surface area contributed by atoms with E-state index in [1.165, 1.54) is 0 Å². The van der Waals surface area contributed by atoms with E-state index >= 15 is 0 Å². The molecule has 4 nitrogen and oxygen atoms in total. The van der Waals surface area contributed by atoms with Crippen molar-refractivity contribution in [3.05, 3.63) is 63.4 Å². The third-order valence-electron chi connectivity index (χ3n) is 4.88. The van der Waals surface area contributed by atoms with Crippen LogP contribution in [0.5, 0.6) is 0 Å². The van der Waals surface area contributed by atoms with E-state index in [9.17, 15) is 9.90 Å². The Hall–Kier alpha value is -1.62. The van der Waals surface area contributed by atoms with E-state index in [0.717, 1.165) is 16.7 Å². The number of hydrogen-bond donors (Lipinski definition) is 1. The first-order chi connectivity index (χ1) is 12.0. The van der Waals surface area contributed by atoms with Crippen LogP contribution in [0, 0.1) is 12.8 Å². The van der Waals surface area contributed by atoms with Crippen LogP contribution in [0.4, 0.5) is 0 Å². The molecule has 1 aliphatic rings. The average Bonchev–Trinajstić information content (AvgIpc) is 2.61. The highest BCUT2D eigenvalue weighted by Crippen LogP contribution is 2.39. The Morgan fingerprint density at radius 2 is 1.96 bits per heavy atom. The molecule has 3 rings (SSSR count). The van der Waals surface area contributed by atoms with Gasteiger partial charge in [0.25, 0.3) is 0 Å². The Bertz CT molecular complexity index is 774. The predicted octanol–water partition coefficient (Wildman–Crippen LogP) is 4.58. The number of likely N-dealkylation sites (tertiary alicyclic amines) is 1. The van der Waals surface area contributed by atoms with Gasteiger partial charge in [0.1, 0.15) is 0 Å². The molecule has 0 bridgehead atoms. The number of carbonyl (C=O) groups is 1. The van der Waals surface area contributed by atoms with Gasteiger partial charge in [0, 0.05) is 12.4 Å². The molecule has 132 valence electrons. The number of aryl methyl sites for hydroxylation is 1. The molecule has 6 heteroatoms. The van der Waals surface area contributed by atoms with Crippen LogP contribution < -0.4 is 0 Å². The minimum Gasteiger partial charge on any atom is -0.481 e. The summed E-state index contributed by atoms with van der Waals surface area (Å²) in [5, 5.41) is 10.3. The number of aromatic nitrogens is 1. The van der Waals surface area contributed by atoms with Gasteiger partial charge in [-0.15, -0.1) is 0 Å². The fourth-order valence-corrected chi connectivity index (χ4v) is 3.90. The van der Waals surface area contributed by atoms with Crippen molar-refractivity contribution in [3.63, 3.8) is 0 Å². The zero-order valence-corrected chi connectivity index (χ0v) is 15.5. The van der Waals surface area contributed by atoms with E-state index in [1.807, 2.05) is 31.3 Å². The summed E-state index contributed by atoms with van der Waals surface area (Å²) in [7, 11) is 0. The summed E-state index contributed by atoms with van der Waals surface area (Å²) in [4.78, 5) is 17.7. The molecule has 1 atom stereocenters. The monoisotopic (exact) mass is 378 g/mol. The van der Waals surface area contributed by atoms with Crippen molar-refractivity contribution in [1.82, 2.24) is 9.88 Å². The van der Waals surface area contributed by atoms with Gasteiger partial charge in [-0.25, -0.2) is 0 Å². The zero-order valence-electron chi connectivity index (χ0n) is 14.0. The molecule has 1 aromatic carbocycles. The highest BCUT2D eigenvalue weighted by atomic mass is 35.5. The number of aliphatic carboxylic acids is 1. The fraction of sp³-hybridized carbons (Fsp3) is 0.368. The van der Waals surface area contributed by atoms with Gasteiger partial charge < -0.3 is 5.11 Å². The Kier molecular flexibility index (Phi) is 5.62. The molecule has 1 saturated heterocycles. The maximum Gasteiger partial charge on any atom is 0.306 e. The summed E-state index contributed by atoms with van der Waals surface area (Å²) in [6.45, 7) is 3.43. The minimum atomic E-state index is -0.711. The summed E-state index contributed by atoms with van der Waals surface area (Å²) in [5.41, 5.74) is 3.13. The number of nitrogens with zero attached hydrogens (tertiary/aromatic N) is 2. The summed E-state index contributed by atoms with van der Waals surface area (Å²) in [6.07, 6.45) is 4.88. The van der Waals surface area contributed by atoms with Gasteiger partial charge in [0.2, 0.25) is 0 Å². The van der Waals surface area contributed by atoms with Crippen molar-refractivity contribution in [3.8, 4) is 0 Å². The Morgan fingerprint density at radius 1 is 1.24 bits per heavy atom. The summed E-state index contributed by atoms with van der Waals surface area (Å²) >= 11 is 12.8. The lowest BCUT2D eigenvalue weighted by Crippen LogP contribution is -2.39. The van der Waals surface area contributed by atoms with Crippen LogP contribution in [-0.4, -0.2) is 34.0 Å². The topological polar surface area (TPSA) is 53.4 Å². The normalized spacial score (nSPS) is 17.4. The van der Waals surface area contributed by atoms with Crippen molar-refractivity contribution in [2.24, 2.45) is 5.92 Å². The number of carboxylic acid groups (broad SMARTS) is 1. The lowest BCUT2D eigenvalue weighted by molar-refractivity contribution is -0.143. The quantitative estimate of drug-likeness (QED) is 0.845. The van der Waals surface area contributed by atoms with Crippen LogP contribution in [0.25, 0.3) is 0 Å². The van der Waals surface area contributed by atoms with Gasteiger partial charge in [0.05, 0.1) is 22.0 Å². The molecular weight excluding hydrogens is 359 g/mol. The Labute approximate surface area is 157 Å². The number of pyridine rings is 1. The summed E-state index contributed by atoms with van der Waals surface area (Å²) in [6, 6.07) is 7.60. The minimum absolute atomic E-state index is 0.0658. The van der Waals surface area contributed by atoms with Crippen molar-refractivity contribution in [1.29, 1.82) is 0 Å². The molecular formula is C19H20Cl2N2O2. The number of rotatable bonds is 4. The lowest BCUT2D eigenvalue weighted by Gasteiger charge is -2.38. The van der Waals surface area contributed by atoms with Crippen molar-refractivity contribution in [2.45, 2.75) is 25.8 Å². The number of benzene rings is 1. The van der Waals surface area contributed by atoms with E-state index in [2.05, 4.69) is 9.88 Å². The molecule has 1 unspecified atom stereocenters. The van der Waals surface area contributed by atoms with Gasteiger partial charge in [-0.05, 0) is 61.7 Å². The van der Waals surface area contributed by atoms with E-state index in [4.69, 9.17) is 23.2 Å². The molecule has 1 N–H and O–H groups in total. The SMILES string of the molecule is Cc1cnccc1C(c1cccc(Cl)c1Cl)N1CCC(C(=O)O)CC1. The largest absolute Gasteiger partial charge is 0.481 e. The molecule has 2 aromatic rings.